The van der Waals surface area contributed by atoms with Crippen LogP contribution in [0.15, 0.2) is 6.20 Å². The van der Waals surface area contributed by atoms with Crippen molar-refractivity contribution in [2.45, 2.75) is 19.7 Å². The SMILES string of the molecule is Cc1c(OC(F)(F)F)ncc(F)c1C(F)F. The van der Waals surface area contributed by atoms with Gasteiger partial charge in [0, 0.05) is 5.56 Å². The summed E-state index contributed by atoms with van der Waals surface area (Å²) in [5.41, 5.74) is -1.82. The lowest BCUT2D eigenvalue weighted by Gasteiger charge is -2.13. The summed E-state index contributed by atoms with van der Waals surface area (Å²) in [7, 11) is 0. The van der Waals surface area contributed by atoms with Gasteiger partial charge in [0.2, 0.25) is 5.88 Å². The van der Waals surface area contributed by atoms with Crippen molar-refractivity contribution in [3.8, 4) is 5.88 Å². The van der Waals surface area contributed by atoms with E-state index >= 15 is 0 Å². The molecule has 8 heteroatoms. The summed E-state index contributed by atoms with van der Waals surface area (Å²) >= 11 is 0. The van der Waals surface area contributed by atoms with Crippen LogP contribution < -0.4 is 4.74 Å². The van der Waals surface area contributed by atoms with Crippen LogP contribution in [0.2, 0.25) is 0 Å². The van der Waals surface area contributed by atoms with Crippen LogP contribution in [-0.2, 0) is 0 Å². The van der Waals surface area contributed by atoms with Crippen LogP contribution in [0.4, 0.5) is 26.3 Å². The fraction of sp³-hybridized carbons (Fsp3) is 0.375. The van der Waals surface area contributed by atoms with E-state index in [0.717, 1.165) is 6.92 Å². The molecule has 16 heavy (non-hydrogen) atoms. The second-order valence-electron chi connectivity index (χ2n) is 2.80. The summed E-state index contributed by atoms with van der Waals surface area (Å²) in [5, 5.41) is 0. The van der Waals surface area contributed by atoms with Gasteiger partial charge >= 0.3 is 6.36 Å². The van der Waals surface area contributed by atoms with Crippen LogP contribution in [0.25, 0.3) is 0 Å². The minimum Gasteiger partial charge on any atom is -0.388 e. The van der Waals surface area contributed by atoms with Gasteiger partial charge in [0.25, 0.3) is 6.43 Å². The Labute approximate surface area is 85.9 Å². The maximum absolute atomic E-state index is 12.8. The molecule has 0 saturated heterocycles. The maximum Gasteiger partial charge on any atom is 0.574 e. The Morgan fingerprint density at radius 3 is 2.31 bits per heavy atom. The van der Waals surface area contributed by atoms with Gasteiger partial charge in [-0.2, -0.15) is 0 Å². The Balaban J connectivity index is 3.19. The molecule has 0 bridgehead atoms. The second-order valence-corrected chi connectivity index (χ2v) is 2.80. The highest BCUT2D eigenvalue weighted by molar-refractivity contribution is 5.35. The third-order valence-electron chi connectivity index (χ3n) is 1.71. The van der Waals surface area contributed by atoms with E-state index < -0.39 is 35.6 Å². The molecule has 1 heterocycles. The highest BCUT2D eigenvalue weighted by atomic mass is 19.4. The Morgan fingerprint density at radius 1 is 1.31 bits per heavy atom. The molecule has 2 nitrogen and oxygen atoms in total. The summed E-state index contributed by atoms with van der Waals surface area (Å²) in [4.78, 5) is 2.96. The number of rotatable bonds is 2. The Morgan fingerprint density at radius 2 is 1.88 bits per heavy atom. The molecule has 0 spiro atoms. The predicted octanol–water partition coefficient (Wildman–Crippen LogP) is 3.37. The Bertz CT molecular complexity index is 389. The lowest BCUT2D eigenvalue weighted by Crippen LogP contribution is -2.19. The molecule has 0 atom stereocenters. The molecule has 90 valence electrons. The first-order valence-corrected chi connectivity index (χ1v) is 3.91. The van der Waals surface area contributed by atoms with E-state index in [1.54, 1.807) is 0 Å². The van der Waals surface area contributed by atoms with Crippen molar-refractivity contribution < 1.29 is 31.1 Å². The van der Waals surface area contributed by atoms with E-state index in [4.69, 9.17) is 0 Å². The van der Waals surface area contributed by atoms with Gasteiger partial charge in [-0.25, -0.2) is 18.2 Å². The van der Waals surface area contributed by atoms with Gasteiger partial charge in [-0.15, -0.1) is 13.2 Å². The fourth-order valence-electron chi connectivity index (χ4n) is 1.06. The van der Waals surface area contributed by atoms with Crippen molar-refractivity contribution in [3.63, 3.8) is 0 Å². The summed E-state index contributed by atoms with van der Waals surface area (Å²) in [6.07, 6.45) is -8.04. The van der Waals surface area contributed by atoms with Crippen molar-refractivity contribution in [1.82, 2.24) is 4.98 Å². The fourth-order valence-corrected chi connectivity index (χ4v) is 1.06. The van der Waals surface area contributed by atoms with Crippen molar-refractivity contribution in [2.75, 3.05) is 0 Å². The lowest BCUT2D eigenvalue weighted by molar-refractivity contribution is -0.276. The van der Waals surface area contributed by atoms with Gasteiger partial charge in [0.05, 0.1) is 11.8 Å². The number of halogens is 6. The molecule has 0 fully saturated rings. The number of nitrogens with zero attached hydrogens (tertiary/aromatic N) is 1. The Kier molecular flexibility index (Phi) is 3.30. The van der Waals surface area contributed by atoms with Gasteiger partial charge in [-0.3, -0.25) is 0 Å². The number of aromatic nitrogens is 1. The van der Waals surface area contributed by atoms with Crippen molar-refractivity contribution in [3.05, 3.63) is 23.1 Å². The monoisotopic (exact) mass is 245 g/mol. The molecular formula is C8H5F6NO. The third-order valence-corrected chi connectivity index (χ3v) is 1.71. The first-order valence-electron chi connectivity index (χ1n) is 3.91. The number of hydrogen-bond donors (Lipinski definition) is 0. The van der Waals surface area contributed by atoms with Gasteiger partial charge in [0.1, 0.15) is 0 Å². The average Bonchev–Trinajstić information content (AvgIpc) is 2.07. The molecule has 0 radical (unpaired) electrons. The van der Waals surface area contributed by atoms with Crippen LogP contribution in [0.1, 0.15) is 17.6 Å². The highest BCUT2D eigenvalue weighted by Gasteiger charge is 2.34. The molecule has 0 aliphatic heterocycles. The zero-order valence-electron chi connectivity index (χ0n) is 7.78. The normalized spacial score (nSPS) is 12.0. The predicted molar refractivity (Wildman–Crippen MR) is 40.6 cm³/mol. The smallest absolute Gasteiger partial charge is 0.388 e. The molecule has 0 amide bonds. The van der Waals surface area contributed by atoms with Gasteiger partial charge in [-0.1, -0.05) is 0 Å². The van der Waals surface area contributed by atoms with E-state index in [-0.39, 0.29) is 6.20 Å². The minimum atomic E-state index is -5.06. The third kappa shape index (κ3) is 2.77. The second kappa shape index (κ2) is 4.18. The standard InChI is InChI=1S/C8H5F6NO/c1-3-5(6(10)11)4(9)2-15-7(3)16-8(12,13)14/h2,6H,1H3. The first kappa shape index (κ1) is 12.6. The summed E-state index contributed by atoms with van der Waals surface area (Å²) < 4.78 is 76.2. The number of alkyl halides is 5. The van der Waals surface area contributed by atoms with E-state index in [2.05, 4.69) is 9.72 Å². The molecule has 1 rings (SSSR count). The zero-order valence-corrected chi connectivity index (χ0v) is 7.78. The maximum atomic E-state index is 12.8. The van der Waals surface area contributed by atoms with Gasteiger partial charge in [-0.05, 0) is 6.92 Å². The molecule has 1 aromatic rings. The van der Waals surface area contributed by atoms with E-state index in [9.17, 15) is 26.3 Å². The van der Waals surface area contributed by atoms with Crippen LogP contribution in [0.3, 0.4) is 0 Å². The average molecular weight is 245 g/mol. The zero-order chi connectivity index (χ0) is 12.5. The van der Waals surface area contributed by atoms with Crippen LogP contribution in [0, 0.1) is 12.7 Å². The molecule has 0 saturated carbocycles. The van der Waals surface area contributed by atoms with E-state index in [1.807, 2.05) is 0 Å². The summed E-state index contributed by atoms with van der Waals surface area (Å²) in [6.45, 7) is 0.874. The van der Waals surface area contributed by atoms with Crippen LogP contribution in [0.5, 0.6) is 5.88 Å². The van der Waals surface area contributed by atoms with Gasteiger partial charge < -0.3 is 4.74 Å². The Hall–Kier alpha value is -1.47. The van der Waals surface area contributed by atoms with Crippen molar-refractivity contribution in [2.24, 2.45) is 0 Å². The number of pyridine rings is 1. The van der Waals surface area contributed by atoms with Crippen LogP contribution >= 0.6 is 0 Å². The number of hydrogen-bond acceptors (Lipinski definition) is 2. The highest BCUT2D eigenvalue weighted by Crippen LogP contribution is 2.32. The van der Waals surface area contributed by atoms with E-state index in [1.165, 1.54) is 0 Å². The topological polar surface area (TPSA) is 22.1 Å². The number of ether oxygens (including phenoxy) is 1. The molecule has 1 aromatic heterocycles. The first-order chi connectivity index (χ1) is 7.22. The molecule has 0 aliphatic rings. The molecule has 0 N–H and O–H groups in total. The molecule has 0 unspecified atom stereocenters. The van der Waals surface area contributed by atoms with E-state index in [0.29, 0.717) is 0 Å². The minimum absolute atomic E-state index is 0.259. The van der Waals surface area contributed by atoms with Crippen molar-refractivity contribution in [1.29, 1.82) is 0 Å². The largest absolute Gasteiger partial charge is 0.574 e. The summed E-state index contributed by atoms with van der Waals surface area (Å²) in [6, 6.07) is 0. The molecule has 0 aliphatic carbocycles. The summed E-state index contributed by atoms with van der Waals surface area (Å²) in [5.74, 6) is -2.45. The molecule has 0 aromatic carbocycles. The van der Waals surface area contributed by atoms with Gasteiger partial charge in [0.15, 0.2) is 5.82 Å². The molecular weight excluding hydrogens is 240 g/mol. The lowest BCUT2D eigenvalue weighted by atomic mass is 10.1. The quantitative estimate of drug-likeness (QED) is 0.745. The van der Waals surface area contributed by atoms with Crippen LogP contribution in [-0.4, -0.2) is 11.3 Å². The van der Waals surface area contributed by atoms with Crippen molar-refractivity contribution >= 4 is 0 Å².